The van der Waals surface area contributed by atoms with E-state index in [1.54, 1.807) is 12.4 Å². The Labute approximate surface area is 127 Å². The normalized spacial score (nSPS) is 11.9. The fourth-order valence-corrected chi connectivity index (χ4v) is 2.53. The second kappa shape index (κ2) is 7.31. The molecule has 0 bridgehead atoms. The fraction of sp³-hybridized carbons (Fsp3) is 0.200. The lowest BCUT2D eigenvalue weighted by Gasteiger charge is -2.13. The van der Waals surface area contributed by atoms with Crippen molar-refractivity contribution in [1.29, 1.82) is 0 Å². The Kier molecular flexibility index (Phi) is 5.44. The maximum absolute atomic E-state index is 11.9. The molecule has 0 spiro atoms. The van der Waals surface area contributed by atoms with Gasteiger partial charge in [0, 0.05) is 22.3 Å². The number of hydrogen-bond acceptors (Lipinski definition) is 3. The molecular formula is C15H15ClN2OS. The SMILES string of the molecule is CC(NC(=O)CSc1ccc(Cl)cc1)c1ccncc1. The van der Waals surface area contributed by atoms with Gasteiger partial charge in [0.05, 0.1) is 11.8 Å². The Hall–Kier alpha value is -1.52. The van der Waals surface area contributed by atoms with Crippen molar-refractivity contribution in [3.05, 3.63) is 59.4 Å². The minimum atomic E-state index is -0.0173. The second-order valence-electron chi connectivity index (χ2n) is 4.31. The topological polar surface area (TPSA) is 42.0 Å². The molecule has 0 aliphatic carbocycles. The van der Waals surface area contributed by atoms with Gasteiger partial charge in [-0.05, 0) is 48.9 Å². The number of nitrogens with one attached hydrogen (secondary N) is 1. The second-order valence-corrected chi connectivity index (χ2v) is 5.80. The summed E-state index contributed by atoms with van der Waals surface area (Å²) >= 11 is 7.31. The molecule has 1 aromatic carbocycles. The highest BCUT2D eigenvalue weighted by atomic mass is 35.5. The van der Waals surface area contributed by atoms with Crippen LogP contribution in [0, 0.1) is 0 Å². The standard InChI is InChI=1S/C15H15ClN2OS/c1-11(12-6-8-17-9-7-12)18-15(19)10-20-14-4-2-13(16)3-5-14/h2-9,11H,10H2,1H3,(H,18,19). The molecule has 20 heavy (non-hydrogen) atoms. The first kappa shape index (κ1) is 14.9. The molecule has 2 aromatic rings. The van der Waals surface area contributed by atoms with E-state index < -0.39 is 0 Å². The van der Waals surface area contributed by atoms with Crippen LogP contribution in [0.3, 0.4) is 0 Å². The van der Waals surface area contributed by atoms with Crippen molar-refractivity contribution in [2.24, 2.45) is 0 Å². The zero-order valence-electron chi connectivity index (χ0n) is 11.0. The molecule has 1 unspecified atom stereocenters. The lowest BCUT2D eigenvalue weighted by molar-refractivity contribution is -0.119. The summed E-state index contributed by atoms with van der Waals surface area (Å²) in [6.45, 7) is 1.96. The molecule has 3 nitrogen and oxygen atoms in total. The Bertz CT molecular complexity index is 560. The quantitative estimate of drug-likeness (QED) is 0.856. The minimum absolute atomic E-state index is 0.00858. The van der Waals surface area contributed by atoms with Crippen LogP contribution < -0.4 is 5.32 Å². The number of rotatable bonds is 5. The first-order valence-corrected chi connectivity index (χ1v) is 7.59. The van der Waals surface area contributed by atoms with E-state index in [9.17, 15) is 4.79 Å². The lowest BCUT2D eigenvalue weighted by Crippen LogP contribution is -2.28. The zero-order chi connectivity index (χ0) is 14.4. The summed E-state index contributed by atoms with van der Waals surface area (Å²) in [4.78, 5) is 16.9. The third-order valence-corrected chi connectivity index (χ3v) is 4.03. The molecule has 1 heterocycles. The largest absolute Gasteiger partial charge is 0.349 e. The molecule has 1 amide bonds. The summed E-state index contributed by atoms with van der Waals surface area (Å²) in [5, 5.41) is 3.66. The summed E-state index contributed by atoms with van der Waals surface area (Å²) in [5.41, 5.74) is 1.05. The Morgan fingerprint density at radius 1 is 1.25 bits per heavy atom. The monoisotopic (exact) mass is 306 g/mol. The zero-order valence-corrected chi connectivity index (χ0v) is 12.6. The van der Waals surface area contributed by atoms with Gasteiger partial charge in [-0.15, -0.1) is 11.8 Å². The van der Waals surface area contributed by atoms with Crippen LogP contribution in [0.25, 0.3) is 0 Å². The molecule has 0 aliphatic rings. The van der Waals surface area contributed by atoms with Crippen LogP contribution in [-0.4, -0.2) is 16.6 Å². The van der Waals surface area contributed by atoms with Gasteiger partial charge in [0.25, 0.3) is 0 Å². The van der Waals surface area contributed by atoms with E-state index in [2.05, 4.69) is 10.3 Å². The highest BCUT2D eigenvalue weighted by molar-refractivity contribution is 8.00. The summed E-state index contributed by atoms with van der Waals surface area (Å²) in [6, 6.07) is 11.2. The van der Waals surface area contributed by atoms with Crippen molar-refractivity contribution in [2.75, 3.05) is 5.75 Å². The highest BCUT2D eigenvalue weighted by Crippen LogP contribution is 2.20. The van der Waals surface area contributed by atoms with Crippen molar-refractivity contribution in [3.63, 3.8) is 0 Å². The lowest BCUT2D eigenvalue weighted by atomic mass is 10.1. The first-order valence-electron chi connectivity index (χ1n) is 6.23. The van der Waals surface area contributed by atoms with Gasteiger partial charge >= 0.3 is 0 Å². The highest BCUT2D eigenvalue weighted by Gasteiger charge is 2.09. The maximum atomic E-state index is 11.9. The van der Waals surface area contributed by atoms with Crippen LogP contribution >= 0.6 is 23.4 Å². The van der Waals surface area contributed by atoms with Crippen LogP contribution in [0.1, 0.15) is 18.5 Å². The number of benzene rings is 1. The molecule has 0 saturated heterocycles. The van der Waals surface area contributed by atoms with E-state index in [1.807, 2.05) is 43.3 Å². The summed E-state index contributed by atoms with van der Waals surface area (Å²) in [5.74, 6) is 0.395. The number of nitrogens with zero attached hydrogens (tertiary/aromatic N) is 1. The number of pyridine rings is 1. The minimum Gasteiger partial charge on any atom is -0.349 e. The Morgan fingerprint density at radius 2 is 1.90 bits per heavy atom. The van der Waals surface area contributed by atoms with E-state index in [1.165, 1.54) is 11.8 Å². The number of halogens is 1. The van der Waals surface area contributed by atoms with Crippen LogP contribution in [0.2, 0.25) is 5.02 Å². The molecule has 0 radical (unpaired) electrons. The van der Waals surface area contributed by atoms with E-state index in [0.717, 1.165) is 10.5 Å². The molecule has 1 aromatic heterocycles. The number of aromatic nitrogens is 1. The predicted molar refractivity (Wildman–Crippen MR) is 83.0 cm³/mol. The van der Waals surface area contributed by atoms with Crippen molar-refractivity contribution in [2.45, 2.75) is 17.9 Å². The number of thioether (sulfide) groups is 1. The predicted octanol–water partition coefficient (Wildman–Crippen LogP) is 3.70. The molecule has 1 atom stereocenters. The van der Waals surface area contributed by atoms with Gasteiger partial charge in [0.2, 0.25) is 5.91 Å². The summed E-state index contributed by atoms with van der Waals surface area (Å²) < 4.78 is 0. The number of hydrogen-bond donors (Lipinski definition) is 1. The first-order chi connectivity index (χ1) is 9.65. The number of amides is 1. The van der Waals surface area contributed by atoms with Crippen molar-refractivity contribution >= 4 is 29.3 Å². The average Bonchev–Trinajstić information content (AvgIpc) is 2.47. The van der Waals surface area contributed by atoms with E-state index in [-0.39, 0.29) is 11.9 Å². The van der Waals surface area contributed by atoms with E-state index in [0.29, 0.717) is 10.8 Å². The number of carbonyl (C=O) groups excluding carboxylic acids is 1. The van der Waals surface area contributed by atoms with Gasteiger partial charge in [-0.2, -0.15) is 0 Å². The molecular weight excluding hydrogens is 292 g/mol. The van der Waals surface area contributed by atoms with Crippen LogP contribution in [-0.2, 0) is 4.79 Å². The third-order valence-electron chi connectivity index (χ3n) is 2.77. The molecule has 5 heteroatoms. The third kappa shape index (κ3) is 4.54. The molecule has 0 fully saturated rings. The summed E-state index contributed by atoms with van der Waals surface area (Å²) in [7, 11) is 0. The van der Waals surface area contributed by atoms with Gasteiger partial charge in [-0.1, -0.05) is 11.6 Å². The van der Waals surface area contributed by atoms with Gasteiger partial charge in [-0.3, -0.25) is 9.78 Å². The summed E-state index contributed by atoms with van der Waals surface area (Å²) in [6.07, 6.45) is 3.45. The van der Waals surface area contributed by atoms with E-state index >= 15 is 0 Å². The molecule has 2 rings (SSSR count). The van der Waals surface area contributed by atoms with Gasteiger partial charge in [0.1, 0.15) is 0 Å². The molecule has 0 saturated carbocycles. The van der Waals surface area contributed by atoms with E-state index in [4.69, 9.17) is 11.6 Å². The average molecular weight is 307 g/mol. The van der Waals surface area contributed by atoms with Crippen LogP contribution in [0.4, 0.5) is 0 Å². The van der Waals surface area contributed by atoms with Crippen LogP contribution in [0.15, 0.2) is 53.7 Å². The number of carbonyl (C=O) groups is 1. The molecule has 1 N–H and O–H groups in total. The van der Waals surface area contributed by atoms with Crippen molar-refractivity contribution in [1.82, 2.24) is 10.3 Å². The van der Waals surface area contributed by atoms with Gasteiger partial charge in [-0.25, -0.2) is 0 Å². The van der Waals surface area contributed by atoms with Gasteiger partial charge in [0.15, 0.2) is 0 Å². The Balaban J connectivity index is 1.82. The van der Waals surface area contributed by atoms with Crippen LogP contribution in [0.5, 0.6) is 0 Å². The molecule has 0 aliphatic heterocycles. The van der Waals surface area contributed by atoms with Crippen molar-refractivity contribution in [3.8, 4) is 0 Å². The molecule has 104 valence electrons. The smallest absolute Gasteiger partial charge is 0.230 e. The fourth-order valence-electron chi connectivity index (χ4n) is 1.70. The maximum Gasteiger partial charge on any atom is 0.230 e. The van der Waals surface area contributed by atoms with Crippen molar-refractivity contribution < 1.29 is 4.79 Å². The Morgan fingerprint density at radius 3 is 2.55 bits per heavy atom. The van der Waals surface area contributed by atoms with Gasteiger partial charge < -0.3 is 5.32 Å².